The first-order valence-corrected chi connectivity index (χ1v) is 8.17. The molecule has 0 saturated heterocycles. The Morgan fingerprint density at radius 1 is 1.16 bits per heavy atom. The molecule has 6 heteroatoms. The van der Waals surface area contributed by atoms with E-state index in [0.717, 1.165) is 23.4 Å². The number of amides is 1. The quantitative estimate of drug-likeness (QED) is 0.532. The minimum atomic E-state index is -0.438. The molecule has 0 saturated carbocycles. The van der Waals surface area contributed by atoms with Crippen LogP contribution in [0.2, 0.25) is 0 Å². The number of nitrogens with one attached hydrogen (secondary N) is 2. The van der Waals surface area contributed by atoms with E-state index in [1.807, 2.05) is 37.3 Å². The zero-order valence-electron chi connectivity index (χ0n) is 14.6. The first-order chi connectivity index (χ1) is 12.1. The molecule has 2 aromatic rings. The van der Waals surface area contributed by atoms with Gasteiger partial charge in [0.2, 0.25) is 5.91 Å². The maximum absolute atomic E-state index is 11.3. The summed E-state index contributed by atoms with van der Waals surface area (Å²) in [6.07, 6.45) is 0. The number of aliphatic imine (C=N–C) groups is 1. The second-order valence-corrected chi connectivity index (χ2v) is 5.43. The number of carbonyl (C=O) groups is 1. The van der Waals surface area contributed by atoms with Crippen molar-refractivity contribution in [2.75, 3.05) is 13.7 Å². The van der Waals surface area contributed by atoms with Crippen LogP contribution in [0.15, 0.2) is 53.5 Å². The van der Waals surface area contributed by atoms with Crippen LogP contribution in [0.4, 0.5) is 0 Å². The zero-order valence-corrected chi connectivity index (χ0v) is 14.6. The van der Waals surface area contributed by atoms with E-state index >= 15 is 0 Å². The van der Waals surface area contributed by atoms with Gasteiger partial charge in [0.15, 0.2) is 5.96 Å². The van der Waals surface area contributed by atoms with Gasteiger partial charge in [0.25, 0.3) is 0 Å². The Kier molecular flexibility index (Phi) is 6.83. The van der Waals surface area contributed by atoms with E-state index in [2.05, 4.69) is 15.6 Å². The molecule has 0 aliphatic rings. The average Bonchev–Trinajstić information content (AvgIpc) is 2.64. The third-order valence-corrected chi connectivity index (χ3v) is 3.61. The summed E-state index contributed by atoms with van der Waals surface area (Å²) < 4.78 is 5.36. The van der Waals surface area contributed by atoms with Crippen LogP contribution in [0.3, 0.4) is 0 Å². The van der Waals surface area contributed by atoms with E-state index in [4.69, 9.17) is 10.5 Å². The van der Waals surface area contributed by atoms with Gasteiger partial charge >= 0.3 is 0 Å². The fourth-order valence-corrected chi connectivity index (χ4v) is 2.36. The summed E-state index contributed by atoms with van der Waals surface area (Å²) in [6.45, 7) is 3.80. The van der Waals surface area contributed by atoms with Crippen LogP contribution in [0.1, 0.15) is 28.4 Å². The zero-order chi connectivity index (χ0) is 18.1. The van der Waals surface area contributed by atoms with Crippen molar-refractivity contribution in [3.8, 4) is 5.75 Å². The highest BCUT2D eigenvalue weighted by Gasteiger charge is 2.04. The topological polar surface area (TPSA) is 88.7 Å². The van der Waals surface area contributed by atoms with Crippen LogP contribution in [0.5, 0.6) is 5.75 Å². The number of rotatable bonds is 7. The third-order valence-electron chi connectivity index (χ3n) is 3.61. The van der Waals surface area contributed by atoms with E-state index in [1.165, 1.54) is 0 Å². The highest BCUT2D eigenvalue weighted by molar-refractivity contribution is 5.92. The smallest absolute Gasteiger partial charge is 0.248 e. The average molecular weight is 340 g/mol. The van der Waals surface area contributed by atoms with Crippen molar-refractivity contribution < 1.29 is 9.53 Å². The number of hydrogen-bond acceptors (Lipinski definition) is 3. The second kappa shape index (κ2) is 9.32. The molecule has 0 fully saturated rings. The molecule has 0 spiro atoms. The van der Waals surface area contributed by atoms with E-state index in [0.29, 0.717) is 24.6 Å². The summed E-state index contributed by atoms with van der Waals surface area (Å²) >= 11 is 0. The fourth-order valence-electron chi connectivity index (χ4n) is 2.36. The van der Waals surface area contributed by atoms with Crippen molar-refractivity contribution >= 4 is 11.9 Å². The largest absolute Gasteiger partial charge is 0.496 e. The van der Waals surface area contributed by atoms with Gasteiger partial charge in [-0.1, -0.05) is 30.3 Å². The van der Waals surface area contributed by atoms with E-state index in [-0.39, 0.29) is 0 Å². The Hall–Kier alpha value is -3.02. The van der Waals surface area contributed by atoms with Gasteiger partial charge in [-0.15, -0.1) is 0 Å². The summed E-state index contributed by atoms with van der Waals surface area (Å²) in [7, 11) is 1.66. The molecular formula is C19H24N4O2. The van der Waals surface area contributed by atoms with Crippen LogP contribution in [-0.2, 0) is 13.1 Å². The molecule has 0 atom stereocenters. The molecule has 132 valence electrons. The van der Waals surface area contributed by atoms with Gasteiger partial charge in [0, 0.05) is 24.2 Å². The minimum absolute atomic E-state index is 0.438. The maximum atomic E-state index is 11.3. The van der Waals surface area contributed by atoms with Crippen LogP contribution < -0.4 is 21.1 Å². The van der Waals surface area contributed by atoms with Crippen molar-refractivity contribution in [2.24, 2.45) is 10.7 Å². The van der Waals surface area contributed by atoms with Gasteiger partial charge in [-0.25, -0.2) is 4.99 Å². The number of methoxy groups -OCH3 is 1. The molecule has 0 aliphatic heterocycles. The summed E-state index contributed by atoms with van der Waals surface area (Å²) in [5, 5.41) is 6.49. The number of nitrogens with zero attached hydrogens (tertiary/aromatic N) is 1. The summed E-state index contributed by atoms with van der Waals surface area (Å²) in [6, 6.07) is 15.0. The second-order valence-electron chi connectivity index (χ2n) is 5.43. The highest BCUT2D eigenvalue weighted by atomic mass is 16.5. The van der Waals surface area contributed by atoms with Gasteiger partial charge in [0.05, 0.1) is 13.7 Å². The number of para-hydroxylation sites is 1. The van der Waals surface area contributed by atoms with Gasteiger partial charge in [-0.3, -0.25) is 4.79 Å². The molecule has 1 amide bonds. The van der Waals surface area contributed by atoms with E-state index < -0.39 is 5.91 Å². The van der Waals surface area contributed by atoms with Crippen LogP contribution >= 0.6 is 0 Å². The Morgan fingerprint density at radius 3 is 2.68 bits per heavy atom. The molecule has 4 N–H and O–H groups in total. The number of nitrogens with two attached hydrogens (primary N) is 1. The highest BCUT2D eigenvalue weighted by Crippen LogP contribution is 2.16. The lowest BCUT2D eigenvalue weighted by molar-refractivity contribution is 0.1000. The number of ether oxygens (including phenoxy) is 1. The van der Waals surface area contributed by atoms with Crippen molar-refractivity contribution in [2.45, 2.75) is 20.0 Å². The van der Waals surface area contributed by atoms with Gasteiger partial charge < -0.3 is 21.1 Å². The van der Waals surface area contributed by atoms with E-state index in [9.17, 15) is 4.79 Å². The molecule has 0 unspecified atom stereocenters. The SMILES string of the molecule is CCNC(=NCc1cccc(C(N)=O)c1)NCc1ccccc1OC. The van der Waals surface area contributed by atoms with Crippen molar-refractivity contribution in [3.05, 3.63) is 65.2 Å². The van der Waals surface area contributed by atoms with Crippen LogP contribution in [-0.4, -0.2) is 25.5 Å². The Morgan fingerprint density at radius 2 is 1.96 bits per heavy atom. The minimum Gasteiger partial charge on any atom is -0.496 e. The molecule has 2 aromatic carbocycles. The van der Waals surface area contributed by atoms with Crippen molar-refractivity contribution in [1.29, 1.82) is 0 Å². The lowest BCUT2D eigenvalue weighted by atomic mass is 10.1. The molecule has 0 heterocycles. The van der Waals surface area contributed by atoms with Crippen molar-refractivity contribution in [1.82, 2.24) is 10.6 Å². The molecule has 0 bridgehead atoms. The Balaban J connectivity index is 2.05. The molecular weight excluding hydrogens is 316 g/mol. The number of carbonyl (C=O) groups excluding carboxylic acids is 1. The number of primary amides is 1. The normalized spacial score (nSPS) is 11.0. The summed E-state index contributed by atoms with van der Waals surface area (Å²) in [4.78, 5) is 15.8. The van der Waals surface area contributed by atoms with Gasteiger partial charge in [-0.2, -0.15) is 0 Å². The van der Waals surface area contributed by atoms with E-state index in [1.54, 1.807) is 25.3 Å². The summed E-state index contributed by atoms with van der Waals surface area (Å²) in [5.74, 6) is 1.09. The Bertz CT molecular complexity index is 744. The number of benzene rings is 2. The molecule has 2 rings (SSSR count). The van der Waals surface area contributed by atoms with Crippen molar-refractivity contribution in [3.63, 3.8) is 0 Å². The van der Waals surface area contributed by atoms with Crippen LogP contribution in [0, 0.1) is 0 Å². The fraction of sp³-hybridized carbons (Fsp3) is 0.263. The molecule has 0 aliphatic carbocycles. The molecule has 25 heavy (non-hydrogen) atoms. The molecule has 0 aromatic heterocycles. The Labute approximate surface area is 148 Å². The van der Waals surface area contributed by atoms with Gasteiger partial charge in [0.1, 0.15) is 5.75 Å². The number of guanidine groups is 1. The first kappa shape index (κ1) is 18.3. The summed E-state index contributed by atoms with van der Waals surface area (Å²) in [5.41, 5.74) is 7.77. The monoisotopic (exact) mass is 340 g/mol. The van der Waals surface area contributed by atoms with Crippen LogP contribution in [0.25, 0.3) is 0 Å². The predicted octanol–water partition coefficient (Wildman–Crippen LogP) is 2.05. The first-order valence-electron chi connectivity index (χ1n) is 8.17. The van der Waals surface area contributed by atoms with Gasteiger partial charge in [-0.05, 0) is 30.7 Å². The lowest BCUT2D eigenvalue weighted by Crippen LogP contribution is -2.36. The third kappa shape index (κ3) is 5.53. The number of hydrogen-bond donors (Lipinski definition) is 3. The molecule has 6 nitrogen and oxygen atoms in total. The standard InChI is InChI=1S/C19H24N4O2/c1-3-21-19(23-13-16-8-4-5-10-17(16)25-2)22-12-14-7-6-9-15(11-14)18(20)24/h4-11H,3,12-13H2,1-2H3,(H2,20,24)(H2,21,22,23). The predicted molar refractivity (Wildman–Crippen MR) is 99.6 cm³/mol. The maximum Gasteiger partial charge on any atom is 0.248 e. The lowest BCUT2D eigenvalue weighted by Gasteiger charge is -2.13. The molecule has 0 radical (unpaired) electrons.